The molecule has 0 bridgehead atoms. The number of amides is 1. The number of rotatable bonds is 7. The van der Waals surface area contributed by atoms with Crippen molar-refractivity contribution in [2.45, 2.75) is 19.0 Å². The van der Waals surface area contributed by atoms with Gasteiger partial charge in [0, 0.05) is 10.0 Å². The summed E-state index contributed by atoms with van der Waals surface area (Å²) in [7, 11) is 1.31. The predicted octanol–water partition coefficient (Wildman–Crippen LogP) is 2.52. The van der Waals surface area contributed by atoms with Gasteiger partial charge < -0.3 is 10.1 Å². The minimum atomic E-state index is -0.523. The van der Waals surface area contributed by atoms with E-state index < -0.39 is 12.0 Å². The highest BCUT2D eigenvalue weighted by Gasteiger charge is 2.20. The van der Waals surface area contributed by atoms with E-state index in [-0.39, 0.29) is 18.9 Å². The third-order valence-corrected chi connectivity index (χ3v) is 4.50. The maximum Gasteiger partial charge on any atom is 0.307 e. The molecule has 1 N–H and O–H groups in total. The summed E-state index contributed by atoms with van der Waals surface area (Å²) < 4.78 is 5.64. The molecule has 0 saturated carbocycles. The minimum absolute atomic E-state index is 0.0178. The van der Waals surface area contributed by atoms with Crippen LogP contribution in [0.4, 0.5) is 0 Å². The molecule has 1 amide bonds. The topological polar surface area (TPSA) is 99.0 Å². The van der Waals surface area contributed by atoms with Crippen LogP contribution in [0.5, 0.6) is 0 Å². The van der Waals surface area contributed by atoms with Crippen molar-refractivity contribution >= 4 is 27.8 Å². The number of nitrogens with one attached hydrogen (secondary N) is 1. The molecule has 0 radical (unpaired) electrons. The van der Waals surface area contributed by atoms with Crippen molar-refractivity contribution in [1.82, 2.24) is 25.5 Å². The van der Waals surface area contributed by atoms with E-state index in [1.54, 1.807) is 0 Å². The van der Waals surface area contributed by atoms with Crippen molar-refractivity contribution in [3.05, 3.63) is 64.6 Å². The summed E-state index contributed by atoms with van der Waals surface area (Å²) in [6, 6.07) is 16.2. The standard InChI is InChI=1S/C19H18BrN5O3/c1-28-18(27)11-16(13-7-9-15(20)10-8-13)21-17(26)12-25-23-19(22-24-25)14-5-3-2-4-6-14/h2-10,16H,11-12H2,1H3,(H,21,26). The third kappa shape index (κ3) is 5.23. The molecule has 0 aliphatic rings. The first-order valence-corrected chi connectivity index (χ1v) is 9.29. The van der Waals surface area contributed by atoms with Crippen LogP contribution in [0.25, 0.3) is 11.4 Å². The first kappa shape index (κ1) is 19.7. The number of methoxy groups -OCH3 is 1. The molecule has 3 rings (SSSR count). The number of benzene rings is 2. The lowest BCUT2D eigenvalue weighted by Crippen LogP contribution is -2.33. The molecule has 144 valence electrons. The molecule has 28 heavy (non-hydrogen) atoms. The van der Waals surface area contributed by atoms with Gasteiger partial charge >= 0.3 is 5.97 Å². The summed E-state index contributed by atoms with van der Waals surface area (Å²) in [5, 5.41) is 14.9. The van der Waals surface area contributed by atoms with Crippen LogP contribution in [0.15, 0.2) is 59.1 Å². The van der Waals surface area contributed by atoms with Gasteiger partial charge in [0.25, 0.3) is 0 Å². The maximum atomic E-state index is 12.5. The van der Waals surface area contributed by atoms with E-state index in [4.69, 9.17) is 4.74 Å². The normalized spacial score (nSPS) is 11.6. The minimum Gasteiger partial charge on any atom is -0.469 e. The van der Waals surface area contributed by atoms with Gasteiger partial charge in [0.1, 0.15) is 6.54 Å². The lowest BCUT2D eigenvalue weighted by atomic mass is 10.0. The molecule has 1 aromatic heterocycles. The molecule has 1 unspecified atom stereocenters. The largest absolute Gasteiger partial charge is 0.469 e. The van der Waals surface area contributed by atoms with Crippen molar-refractivity contribution in [3.8, 4) is 11.4 Å². The van der Waals surface area contributed by atoms with Gasteiger partial charge in [0.2, 0.25) is 11.7 Å². The molecule has 1 atom stereocenters. The molecule has 3 aromatic rings. The Bertz CT molecular complexity index is 944. The average Bonchev–Trinajstić information content (AvgIpc) is 3.17. The quantitative estimate of drug-likeness (QED) is 0.563. The summed E-state index contributed by atoms with van der Waals surface area (Å²) in [5.41, 5.74) is 1.60. The Morgan fingerprint density at radius 3 is 2.54 bits per heavy atom. The Balaban J connectivity index is 1.69. The first-order valence-electron chi connectivity index (χ1n) is 8.50. The lowest BCUT2D eigenvalue weighted by Gasteiger charge is -2.18. The SMILES string of the molecule is COC(=O)CC(NC(=O)Cn1nnc(-c2ccccc2)n1)c1ccc(Br)cc1. The van der Waals surface area contributed by atoms with Crippen LogP contribution in [-0.2, 0) is 20.9 Å². The van der Waals surface area contributed by atoms with E-state index in [2.05, 4.69) is 36.7 Å². The van der Waals surface area contributed by atoms with Crippen molar-refractivity contribution in [2.24, 2.45) is 0 Å². The van der Waals surface area contributed by atoms with Crippen molar-refractivity contribution in [3.63, 3.8) is 0 Å². The Morgan fingerprint density at radius 1 is 1.14 bits per heavy atom. The number of tetrazole rings is 1. The summed E-state index contributed by atoms with van der Waals surface area (Å²) in [5.74, 6) is -0.320. The first-order chi connectivity index (χ1) is 13.5. The highest BCUT2D eigenvalue weighted by Crippen LogP contribution is 2.20. The number of aromatic nitrogens is 4. The van der Waals surface area contributed by atoms with E-state index >= 15 is 0 Å². The molecule has 0 spiro atoms. The van der Waals surface area contributed by atoms with E-state index in [0.717, 1.165) is 15.6 Å². The van der Waals surface area contributed by atoms with Crippen molar-refractivity contribution < 1.29 is 14.3 Å². The number of hydrogen-bond donors (Lipinski definition) is 1. The molecule has 0 saturated heterocycles. The second-order valence-corrected chi connectivity index (χ2v) is 6.88. The van der Waals surface area contributed by atoms with E-state index in [1.807, 2.05) is 54.6 Å². The number of hydrogen-bond acceptors (Lipinski definition) is 6. The Kier molecular flexibility index (Phi) is 6.49. The predicted molar refractivity (Wildman–Crippen MR) is 105 cm³/mol. The van der Waals surface area contributed by atoms with Gasteiger partial charge in [-0.2, -0.15) is 4.80 Å². The van der Waals surface area contributed by atoms with Gasteiger partial charge in [0.15, 0.2) is 0 Å². The van der Waals surface area contributed by atoms with Gasteiger partial charge in [-0.3, -0.25) is 9.59 Å². The number of esters is 1. The van der Waals surface area contributed by atoms with Gasteiger partial charge in [-0.25, -0.2) is 0 Å². The van der Waals surface area contributed by atoms with Crippen LogP contribution in [0.1, 0.15) is 18.0 Å². The van der Waals surface area contributed by atoms with Crippen LogP contribution < -0.4 is 5.32 Å². The molecule has 0 aliphatic heterocycles. The zero-order chi connectivity index (χ0) is 19.9. The molecule has 0 fully saturated rings. The van der Waals surface area contributed by atoms with E-state index in [1.165, 1.54) is 11.9 Å². The van der Waals surface area contributed by atoms with Gasteiger partial charge in [-0.15, -0.1) is 10.2 Å². The van der Waals surface area contributed by atoms with E-state index in [9.17, 15) is 9.59 Å². The second kappa shape index (κ2) is 9.23. The van der Waals surface area contributed by atoms with Crippen molar-refractivity contribution in [2.75, 3.05) is 7.11 Å². The molecule has 2 aromatic carbocycles. The molecular formula is C19H18BrN5O3. The second-order valence-electron chi connectivity index (χ2n) is 5.96. The number of halogens is 1. The number of ether oxygens (including phenoxy) is 1. The highest BCUT2D eigenvalue weighted by atomic mass is 79.9. The fourth-order valence-electron chi connectivity index (χ4n) is 2.58. The molecular weight excluding hydrogens is 426 g/mol. The van der Waals surface area contributed by atoms with Crippen molar-refractivity contribution in [1.29, 1.82) is 0 Å². The summed E-state index contributed by atoms with van der Waals surface area (Å²) >= 11 is 3.37. The van der Waals surface area contributed by atoms with E-state index in [0.29, 0.717) is 5.82 Å². The smallest absolute Gasteiger partial charge is 0.307 e. The van der Waals surface area contributed by atoms with Gasteiger partial charge in [-0.05, 0) is 22.9 Å². The van der Waals surface area contributed by atoms with Gasteiger partial charge in [0.05, 0.1) is 19.6 Å². The van der Waals surface area contributed by atoms with Crippen LogP contribution in [0.3, 0.4) is 0 Å². The van der Waals surface area contributed by atoms with Crippen LogP contribution in [0, 0.1) is 0 Å². The monoisotopic (exact) mass is 443 g/mol. The Labute approximate surface area is 170 Å². The van der Waals surface area contributed by atoms with Gasteiger partial charge in [-0.1, -0.05) is 58.4 Å². The number of carbonyl (C=O) groups excluding carboxylic acids is 2. The average molecular weight is 444 g/mol. The Morgan fingerprint density at radius 2 is 1.86 bits per heavy atom. The maximum absolute atomic E-state index is 12.5. The third-order valence-electron chi connectivity index (χ3n) is 3.98. The molecule has 0 aliphatic carbocycles. The Hall–Kier alpha value is -3.07. The fraction of sp³-hybridized carbons (Fsp3) is 0.211. The number of nitrogens with zero attached hydrogens (tertiary/aromatic N) is 4. The summed E-state index contributed by atoms with van der Waals surface area (Å²) in [6.07, 6.45) is 0.0178. The van der Waals surface area contributed by atoms with Crippen LogP contribution in [0.2, 0.25) is 0 Å². The highest BCUT2D eigenvalue weighted by molar-refractivity contribution is 9.10. The molecule has 9 heteroatoms. The van der Waals surface area contributed by atoms with Crippen LogP contribution in [-0.4, -0.2) is 39.2 Å². The fourth-order valence-corrected chi connectivity index (χ4v) is 2.84. The lowest BCUT2D eigenvalue weighted by molar-refractivity contribution is -0.141. The zero-order valence-electron chi connectivity index (χ0n) is 15.1. The van der Waals surface area contributed by atoms with Crippen LogP contribution >= 0.6 is 15.9 Å². The molecule has 8 nitrogen and oxygen atoms in total. The zero-order valence-corrected chi connectivity index (χ0v) is 16.7. The number of carbonyl (C=O) groups is 2. The summed E-state index contributed by atoms with van der Waals surface area (Å²) in [6.45, 7) is -0.117. The summed E-state index contributed by atoms with van der Waals surface area (Å²) in [4.78, 5) is 25.4. The molecule has 1 heterocycles.